The molecule has 0 heterocycles. The third-order valence-electron chi connectivity index (χ3n) is 8.29. The lowest BCUT2D eigenvalue weighted by Gasteiger charge is -2.19. The van der Waals surface area contributed by atoms with Gasteiger partial charge >= 0.3 is 11.9 Å². The van der Waals surface area contributed by atoms with Crippen LogP contribution in [0.15, 0.2) is 35.9 Å². The summed E-state index contributed by atoms with van der Waals surface area (Å²) in [4.78, 5) is 24.7. The summed E-state index contributed by atoms with van der Waals surface area (Å²) >= 11 is 0. The van der Waals surface area contributed by atoms with E-state index in [2.05, 4.69) is 40.7 Å². The summed E-state index contributed by atoms with van der Waals surface area (Å²) in [6.07, 6.45) is 15.0. The van der Waals surface area contributed by atoms with E-state index in [4.69, 9.17) is 9.47 Å². The van der Waals surface area contributed by atoms with Gasteiger partial charge in [-0.2, -0.15) is 0 Å². The van der Waals surface area contributed by atoms with Crippen molar-refractivity contribution in [1.29, 1.82) is 0 Å². The molecule has 0 aliphatic carbocycles. The van der Waals surface area contributed by atoms with Crippen molar-refractivity contribution in [2.24, 2.45) is 17.8 Å². The highest BCUT2D eigenvalue weighted by Gasteiger charge is 2.21. The van der Waals surface area contributed by atoms with Crippen LogP contribution < -0.4 is 9.47 Å². The van der Waals surface area contributed by atoms with E-state index in [0.717, 1.165) is 46.1 Å². The lowest BCUT2D eigenvalue weighted by molar-refractivity contribution is -0.135. The van der Waals surface area contributed by atoms with Crippen LogP contribution in [-0.2, 0) is 16.0 Å². The SMILES string of the molecule is CCC(=O)Oc1c(C)c(C/C=C(\C)CCCC(C)CCCC(C)CCCC(C)C)c(OC(=O)CC)c2ccccc12. The van der Waals surface area contributed by atoms with Gasteiger partial charge in [-0.05, 0) is 56.4 Å². The highest BCUT2D eigenvalue weighted by molar-refractivity contribution is 5.98. The van der Waals surface area contributed by atoms with Gasteiger partial charge in [0, 0.05) is 29.2 Å². The van der Waals surface area contributed by atoms with E-state index >= 15 is 0 Å². The summed E-state index contributed by atoms with van der Waals surface area (Å²) in [5.41, 5.74) is 3.09. The zero-order chi connectivity index (χ0) is 30.4. The Balaban J connectivity index is 2.05. The predicted octanol–water partition coefficient (Wildman–Crippen LogP) is 10.7. The standard InChI is InChI=1S/C37H56O4/c1-9-34(38)40-36-30(8)31(37(41-35(39)10-2)33-23-12-11-22-32(33)36)25-24-29(7)21-15-20-28(6)19-14-18-27(5)17-13-16-26(3)4/h11-12,22-24,26-28H,9-10,13-21,25H2,1-8H3/b29-24+. The Morgan fingerprint density at radius 2 is 1.24 bits per heavy atom. The average molecular weight is 565 g/mol. The van der Waals surface area contributed by atoms with E-state index in [1.807, 2.05) is 31.2 Å². The number of hydrogen-bond acceptors (Lipinski definition) is 4. The van der Waals surface area contributed by atoms with E-state index in [0.29, 0.717) is 30.8 Å². The maximum absolute atomic E-state index is 12.4. The van der Waals surface area contributed by atoms with E-state index in [1.54, 1.807) is 13.8 Å². The number of ether oxygens (including phenoxy) is 2. The molecule has 0 bridgehead atoms. The van der Waals surface area contributed by atoms with Crippen LogP contribution in [-0.4, -0.2) is 11.9 Å². The first-order valence-corrected chi connectivity index (χ1v) is 16.2. The molecule has 0 saturated heterocycles. The van der Waals surface area contributed by atoms with Crippen LogP contribution in [0.4, 0.5) is 0 Å². The molecule has 2 atom stereocenters. The Bertz CT molecular complexity index is 1140. The van der Waals surface area contributed by atoms with Crippen molar-refractivity contribution in [2.45, 2.75) is 132 Å². The summed E-state index contributed by atoms with van der Waals surface area (Å²) in [5, 5.41) is 1.58. The molecule has 4 heteroatoms. The minimum Gasteiger partial charge on any atom is -0.426 e. The van der Waals surface area contributed by atoms with Crippen LogP contribution in [0.5, 0.6) is 11.5 Å². The molecule has 41 heavy (non-hydrogen) atoms. The van der Waals surface area contributed by atoms with Gasteiger partial charge in [-0.25, -0.2) is 0 Å². The Labute approximate surface area is 250 Å². The van der Waals surface area contributed by atoms with Gasteiger partial charge in [0.1, 0.15) is 11.5 Å². The van der Waals surface area contributed by atoms with Crippen LogP contribution in [0.25, 0.3) is 10.8 Å². The second kappa shape index (κ2) is 18.0. The average Bonchev–Trinajstić information content (AvgIpc) is 2.94. The minimum atomic E-state index is -0.274. The zero-order valence-electron chi connectivity index (χ0n) is 27.2. The summed E-state index contributed by atoms with van der Waals surface area (Å²) in [6, 6.07) is 7.69. The number of rotatable bonds is 18. The van der Waals surface area contributed by atoms with Crippen LogP contribution in [0.3, 0.4) is 0 Å². The fourth-order valence-corrected chi connectivity index (χ4v) is 5.50. The first-order chi connectivity index (χ1) is 19.6. The number of allylic oxidation sites excluding steroid dienone is 2. The van der Waals surface area contributed by atoms with E-state index in [1.165, 1.54) is 56.9 Å². The summed E-state index contributed by atoms with van der Waals surface area (Å²) < 4.78 is 11.7. The molecule has 0 spiro atoms. The van der Waals surface area contributed by atoms with Gasteiger partial charge in [0.05, 0.1) is 0 Å². The third-order valence-corrected chi connectivity index (χ3v) is 8.29. The summed E-state index contributed by atoms with van der Waals surface area (Å²) in [7, 11) is 0. The second-order valence-corrected chi connectivity index (χ2v) is 12.6. The van der Waals surface area contributed by atoms with Crippen molar-refractivity contribution >= 4 is 22.7 Å². The van der Waals surface area contributed by atoms with E-state index in [-0.39, 0.29) is 11.9 Å². The minimum absolute atomic E-state index is 0.270. The Hall–Kier alpha value is -2.62. The number of carbonyl (C=O) groups is 2. The fraction of sp³-hybridized carbons (Fsp3) is 0.622. The molecule has 0 amide bonds. The molecule has 0 fully saturated rings. The molecule has 0 aliphatic rings. The monoisotopic (exact) mass is 564 g/mol. The molecular formula is C37H56O4. The first-order valence-electron chi connectivity index (χ1n) is 16.2. The second-order valence-electron chi connectivity index (χ2n) is 12.6. The topological polar surface area (TPSA) is 52.6 Å². The van der Waals surface area contributed by atoms with E-state index in [9.17, 15) is 9.59 Å². The maximum atomic E-state index is 12.4. The molecule has 2 aromatic carbocycles. The molecule has 2 aromatic rings. The van der Waals surface area contributed by atoms with Gasteiger partial charge in [-0.1, -0.05) is 122 Å². The van der Waals surface area contributed by atoms with Crippen molar-refractivity contribution in [3.05, 3.63) is 47.0 Å². The molecule has 0 aliphatic heterocycles. The Kier molecular flexibility index (Phi) is 15.2. The van der Waals surface area contributed by atoms with Gasteiger partial charge in [-0.3, -0.25) is 9.59 Å². The Morgan fingerprint density at radius 1 is 0.756 bits per heavy atom. The van der Waals surface area contributed by atoms with Gasteiger partial charge in [0.2, 0.25) is 0 Å². The maximum Gasteiger partial charge on any atom is 0.310 e. The van der Waals surface area contributed by atoms with Crippen molar-refractivity contribution in [3.8, 4) is 11.5 Å². The summed E-state index contributed by atoms with van der Waals surface area (Å²) in [5.74, 6) is 3.02. The van der Waals surface area contributed by atoms with Gasteiger partial charge < -0.3 is 9.47 Å². The molecule has 2 rings (SSSR count). The first kappa shape index (κ1) is 34.6. The van der Waals surface area contributed by atoms with Crippen molar-refractivity contribution < 1.29 is 19.1 Å². The number of benzene rings is 2. The summed E-state index contributed by atoms with van der Waals surface area (Å²) in [6.45, 7) is 17.2. The van der Waals surface area contributed by atoms with Crippen molar-refractivity contribution in [3.63, 3.8) is 0 Å². The van der Waals surface area contributed by atoms with Crippen LogP contribution in [0.1, 0.15) is 130 Å². The molecule has 2 unspecified atom stereocenters. The predicted molar refractivity (Wildman–Crippen MR) is 173 cm³/mol. The molecule has 228 valence electrons. The third kappa shape index (κ3) is 11.6. The van der Waals surface area contributed by atoms with Crippen LogP contribution in [0.2, 0.25) is 0 Å². The quantitative estimate of drug-likeness (QED) is 0.103. The molecule has 0 N–H and O–H groups in total. The van der Waals surface area contributed by atoms with Crippen LogP contribution >= 0.6 is 0 Å². The molecular weight excluding hydrogens is 508 g/mol. The molecule has 0 saturated carbocycles. The van der Waals surface area contributed by atoms with Gasteiger partial charge in [0.15, 0.2) is 0 Å². The fourth-order valence-electron chi connectivity index (χ4n) is 5.50. The van der Waals surface area contributed by atoms with E-state index < -0.39 is 0 Å². The molecule has 0 radical (unpaired) electrons. The zero-order valence-corrected chi connectivity index (χ0v) is 27.2. The lowest BCUT2D eigenvalue weighted by atomic mass is 9.91. The molecule has 0 aromatic heterocycles. The highest BCUT2D eigenvalue weighted by atomic mass is 16.5. The number of fused-ring (bicyclic) bond motifs is 1. The van der Waals surface area contributed by atoms with Gasteiger partial charge in [0.25, 0.3) is 0 Å². The normalized spacial score (nSPS) is 13.4. The van der Waals surface area contributed by atoms with Crippen LogP contribution in [0, 0.1) is 24.7 Å². The number of hydrogen-bond donors (Lipinski definition) is 0. The lowest BCUT2D eigenvalue weighted by Crippen LogP contribution is -2.12. The molecule has 4 nitrogen and oxygen atoms in total. The highest BCUT2D eigenvalue weighted by Crippen LogP contribution is 2.41. The Morgan fingerprint density at radius 3 is 1.78 bits per heavy atom. The number of carbonyl (C=O) groups excluding carboxylic acids is 2. The largest absolute Gasteiger partial charge is 0.426 e. The number of esters is 2. The van der Waals surface area contributed by atoms with Crippen molar-refractivity contribution in [1.82, 2.24) is 0 Å². The van der Waals surface area contributed by atoms with Crippen molar-refractivity contribution in [2.75, 3.05) is 0 Å². The van der Waals surface area contributed by atoms with Gasteiger partial charge in [-0.15, -0.1) is 0 Å². The smallest absolute Gasteiger partial charge is 0.310 e.